The van der Waals surface area contributed by atoms with Crippen LogP contribution in [0.3, 0.4) is 0 Å². The molecule has 3 heteroatoms. The molecule has 1 aliphatic carbocycles. The molecule has 0 spiro atoms. The highest BCUT2D eigenvalue weighted by molar-refractivity contribution is 5.34. The summed E-state index contributed by atoms with van der Waals surface area (Å²) in [4.78, 5) is 4.63. The van der Waals surface area contributed by atoms with Crippen LogP contribution in [0.4, 0.5) is 0 Å². The molecule has 3 nitrogen and oxygen atoms in total. The minimum absolute atomic E-state index is 0.204. The third kappa shape index (κ3) is 2.62. The van der Waals surface area contributed by atoms with Gasteiger partial charge < -0.3 is 10.0 Å². The van der Waals surface area contributed by atoms with E-state index in [0.29, 0.717) is 5.92 Å². The van der Waals surface area contributed by atoms with Gasteiger partial charge in [-0.3, -0.25) is 4.90 Å². The van der Waals surface area contributed by atoms with Crippen molar-refractivity contribution in [3.8, 4) is 0 Å². The molecular weight excluding hydrogens is 248 g/mol. The fraction of sp³-hybridized carbons (Fsp3) is 0.647. The van der Waals surface area contributed by atoms with Gasteiger partial charge in [0.25, 0.3) is 0 Å². The molecule has 1 saturated carbocycles. The molecule has 110 valence electrons. The number of benzene rings is 1. The molecule has 0 amide bonds. The average molecular weight is 274 g/mol. The lowest BCUT2D eigenvalue weighted by molar-refractivity contribution is 0.0131. The second kappa shape index (κ2) is 5.84. The van der Waals surface area contributed by atoms with E-state index < -0.39 is 0 Å². The molecule has 2 atom stereocenters. The molecule has 2 fully saturated rings. The largest absolute Gasteiger partial charge is 0.387 e. The van der Waals surface area contributed by atoms with Crippen LogP contribution in [0, 0.1) is 0 Å². The molecule has 1 aromatic rings. The molecule has 2 unspecified atom stereocenters. The predicted octanol–water partition coefficient (Wildman–Crippen LogP) is 2.23. The zero-order valence-corrected chi connectivity index (χ0v) is 12.6. The van der Waals surface area contributed by atoms with Gasteiger partial charge in [-0.05, 0) is 44.0 Å². The average Bonchev–Trinajstić information content (AvgIpc) is 2.39. The lowest BCUT2D eigenvalue weighted by atomic mass is 9.77. The number of piperazine rings is 1. The Balaban J connectivity index is 1.84. The number of aliphatic hydroxyl groups is 1. The zero-order valence-electron chi connectivity index (χ0n) is 12.6. The van der Waals surface area contributed by atoms with Crippen molar-refractivity contribution in [3.63, 3.8) is 0 Å². The Morgan fingerprint density at radius 1 is 1.15 bits per heavy atom. The first-order valence-corrected chi connectivity index (χ1v) is 7.82. The quantitative estimate of drug-likeness (QED) is 0.915. The van der Waals surface area contributed by atoms with Crippen molar-refractivity contribution in [2.75, 3.05) is 33.7 Å². The molecule has 3 rings (SSSR count). The zero-order chi connectivity index (χ0) is 14.1. The highest BCUT2D eigenvalue weighted by atomic mass is 16.3. The van der Waals surface area contributed by atoms with Crippen LogP contribution < -0.4 is 0 Å². The van der Waals surface area contributed by atoms with Crippen LogP contribution in [-0.2, 0) is 0 Å². The molecule has 0 radical (unpaired) electrons. The van der Waals surface area contributed by atoms with E-state index in [1.54, 1.807) is 0 Å². The highest BCUT2D eigenvalue weighted by Crippen LogP contribution is 2.40. The van der Waals surface area contributed by atoms with Crippen LogP contribution in [0.1, 0.15) is 42.4 Å². The highest BCUT2D eigenvalue weighted by Gasteiger charge is 2.32. The van der Waals surface area contributed by atoms with E-state index >= 15 is 0 Å². The van der Waals surface area contributed by atoms with Crippen LogP contribution in [-0.4, -0.2) is 54.7 Å². The summed E-state index contributed by atoms with van der Waals surface area (Å²) in [7, 11) is 4.28. The molecule has 1 aliphatic heterocycles. The number of hydrogen-bond acceptors (Lipinski definition) is 3. The number of hydrogen-bond donors (Lipinski definition) is 1. The maximum absolute atomic E-state index is 10.9. The van der Waals surface area contributed by atoms with Gasteiger partial charge >= 0.3 is 0 Å². The summed E-state index contributed by atoms with van der Waals surface area (Å²) in [6.45, 7) is 3.06. The monoisotopic (exact) mass is 274 g/mol. The fourth-order valence-electron chi connectivity index (χ4n) is 3.46. The molecule has 0 aromatic heterocycles. The lowest BCUT2D eigenvalue weighted by Gasteiger charge is -2.41. The number of likely N-dealkylation sites (N-methyl/N-ethyl adjacent to an activating group) is 2. The van der Waals surface area contributed by atoms with Crippen LogP contribution >= 0.6 is 0 Å². The molecule has 2 aliphatic rings. The Kier molecular flexibility index (Phi) is 4.11. The maximum Gasteiger partial charge on any atom is 0.0960 e. The second-order valence-corrected chi connectivity index (χ2v) is 6.51. The van der Waals surface area contributed by atoms with E-state index in [4.69, 9.17) is 0 Å². The summed E-state index contributed by atoms with van der Waals surface area (Å²) in [6.07, 6.45) is 3.52. The Morgan fingerprint density at radius 2 is 1.90 bits per heavy atom. The summed E-state index contributed by atoms with van der Waals surface area (Å²) >= 11 is 0. The van der Waals surface area contributed by atoms with Gasteiger partial charge in [0.1, 0.15) is 0 Å². The second-order valence-electron chi connectivity index (χ2n) is 6.51. The van der Waals surface area contributed by atoms with E-state index in [1.807, 2.05) is 0 Å². The van der Waals surface area contributed by atoms with Crippen molar-refractivity contribution in [2.45, 2.75) is 37.3 Å². The standard InChI is InChI=1S/C17H26N2O/c1-18-10-11-19(2)16(12-18)17(20)15-9-4-3-8-14(15)13-6-5-7-13/h3-4,8-9,13,16-17,20H,5-7,10-12H2,1-2H3. The first kappa shape index (κ1) is 14.1. The molecule has 1 N–H and O–H groups in total. The van der Waals surface area contributed by atoms with Crippen LogP contribution in [0.2, 0.25) is 0 Å². The van der Waals surface area contributed by atoms with Gasteiger partial charge in [0, 0.05) is 19.6 Å². The van der Waals surface area contributed by atoms with E-state index in [0.717, 1.165) is 25.2 Å². The lowest BCUT2D eigenvalue weighted by Crippen LogP contribution is -2.52. The van der Waals surface area contributed by atoms with Crippen molar-refractivity contribution >= 4 is 0 Å². The van der Waals surface area contributed by atoms with Gasteiger partial charge in [-0.25, -0.2) is 0 Å². The molecule has 20 heavy (non-hydrogen) atoms. The topological polar surface area (TPSA) is 26.7 Å². The predicted molar refractivity (Wildman–Crippen MR) is 81.9 cm³/mol. The van der Waals surface area contributed by atoms with Gasteiger partial charge in [0.15, 0.2) is 0 Å². The molecule has 0 bridgehead atoms. The van der Waals surface area contributed by atoms with Crippen molar-refractivity contribution in [1.82, 2.24) is 9.80 Å². The van der Waals surface area contributed by atoms with E-state index in [2.05, 4.69) is 48.2 Å². The first-order valence-electron chi connectivity index (χ1n) is 7.82. The molecule has 1 heterocycles. The van der Waals surface area contributed by atoms with Gasteiger partial charge in [0.2, 0.25) is 0 Å². The summed E-state index contributed by atoms with van der Waals surface area (Å²) in [5, 5.41) is 10.9. The number of nitrogens with zero attached hydrogens (tertiary/aromatic N) is 2. The summed E-state index contributed by atoms with van der Waals surface area (Å²) in [6, 6.07) is 8.72. The SMILES string of the molecule is CN1CCN(C)C(C(O)c2ccccc2C2CCC2)C1. The van der Waals surface area contributed by atoms with Crippen LogP contribution in [0.15, 0.2) is 24.3 Å². The Hall–Kier alpha value is -0.900. The molecule has 1 saturated heterocycles. The summed E-state index contributed by atoms with van der Waals surface area (Å²) < 4.78 is 0. The minimum Gasteiger partial charge on any atom is -0.387 e. The van der Waals surface area contributed by atoms with E-state index in [-0.39, 0.29) is 12.1 Å². The van der Waals surface area contributed by atoms with Crippen molar-refractivity contribution in [1.29, 1.82) is 0 Å². The third-order valence-corrected chi connectivity index (χ3v) is 5.12. The normalized spacial score (nSPS) is 27.2. The Bertz CT molecular complexity index is 458. The molecule has 1 aromatic carbocycles. The summed E-state index contributed by atoms with van der Waals surface area (Å²) in [5.41, 5.74) is 2.54. The fourth-order valence-corrected chi connectivity index (χ4v) is 3.46. The van der Waals surface area contributed by atoms with Crippen molar-refractivity contribution in [2.24, 2.45) is 0 Å². The van der Waals surface area contributed by atoms with Gasteiger partial charge in [-0.1, -0.05) is 30.7 Å². The Labute approximate surface area is 122 Å². The maximum atomic E-state index is 10.9. The minimum atomic E-state index is -0.375. The van der Waals surface area contributed by atoms with Crippen LogP contribution in [0.25, 0.3) is 0 Å². The van der Waals surface area contributed by atoms with Crippen molar-refractivity contribution in [3.05, 3.63) is 35.4 Å². The third-order valence-electron chi connectivity index (χ3n) is 5.12. The van der Waals surface area contributed by atoms with Gasteiger partial charge in [-0.2, -0.15) is 0 Å². The number of aliphatic hydroxyl groups excluding tert-OH is 1. The summed E-state index contributed by atoms with van der Waals surface area (Å²) in [5.74, 6) is 0.674. The van der Waals surface area contributed by atoms with Crippen LogP contribution in [0.5, 0.6) is 0 Å². The van der Waals surface area contributed by atoms with E-state index in [9.17, 15) is 5.11 Å². The Morgan fingerprint density at radius 3 is 2.60 bits per heavy atom. The van der Waals surface area contributed by atoms with E-state index in [1.165, 1.54) is 24.8 Å². The number of rotatable bonds is 3. The first-order chi connectivity index (χ1) is 9.66. The molecular formula is C17H26N2O. The van der Waals surface area contributed by atoms with Gasteiger partial charge in [-0.15, -0.1) is 0 Å². The smallest absolute Gasteiger partial charge is 0.0960 e. The van der Waals surface area contributed by atoms with Gasteiger partial charge in [0.05, 0.1) is 12.1 Å². The van der Waals surface area contributed by atoms with Crippen molar-refractivity contribution < 1.29 is 5.11 Å².